The van der Waals surface area contributed by atoms with Crippen molar-refractivity contribution in [2.24, 2.45) is 5.73 Å². The average Bonchev–Trinajstić information content (AvgIpc) is 2.90. The van der Waals surface area contributed by atoms with Gasteiger partial charge in [-0.05, 0) is 24.6 Å². The summed E-state index contributed by atoms with van der Waals surface area (Å²) in [5.74, 6) is 1.05. The Kier molecular flexibility index (Phi) is 3.94. The van der Waals surface area contributed by atoms with E-state index in [0.29, 0.717) is 11.8 Å². The fourth-order valence-electron chi connectivity index (χ4n) is 1.79. The highest BCUT2D eigenvalue weighted by molar-refractivity contribution is 5.30. The van der Waals surface area contributed by atoms with Crippen LogP contribution in [0.4, 0.5) is 5.95 Å². The lowest BCUT2D eigenvalue weighted by molar-refractivity contribution is 0.366. The van der Waals surface area contributed by atoms with E-state index in [9.17, 15) is 0 Å². The van der Waals surface area contributed by atoms with Gasteiger partial charge < -0.3 is 15.2 Å². The number of hydrogen-bond acceptors (Lipinski definition) is 5. The summed E-state index contributed by atoms with van der Waals surface area (Å²) in [5, 5.41) is 3.96. The number of nitrogens with zero attached hydrogens (tertiary/aromatic N) is 3. The highest BCUT2D eigenvalue weighted by Gasteiger charge is 2.18. The molecule has 0 amide bonds. The van der Waals surface area contributed by atoms with E-state index in [0.717, 1.165) is 18.7 Å². The van der Waals surface area contributed by atoms with E-state index in [1.54, 1.807) is 0 Å². The normalized spacial score (nSPS) is 12.4. The van der Waals surface area contributed by atoms with Crippen LogP contribution in [0, 0.1) is 0 Å². The molecule has 2 N–H and O–H groups in total. The molecular weight excluding hydrogens is 228 g/mol. The Hall–Kier alpha value is -1.88. The molecule has 0 aliphatic carbocycles. The molecule has 2 rings (SSSR count). The second kappa shape index (κ2) is 5.64. The summed E-state index contributed by atoms with van der Waals surface area (Å²) in [6.07, 6.45) is 0. The molecule has 5 heteroatoms. The Morgan fingerprint density at radius 2 is 1.89 bits per heavy atom. The molecule has 0 aliphatic heterocycles. The standard InChI is InChI=1S/C13H18N4O/c1-3-17(4-2)13-15-12(18-16-13)11(14)10-8-6-5-7-9-10/h5-9,11H,3-4,14H2,1-2H3/t11-/m1/s1. The molecule has 1 heterocycles. The van der Waals surface area contributed by atoms with Gasteiger partial charge in [-0.25, -0.2) is 0 Å². The van der Waals surface area contributed by atoms with Gasteiger partial charge in [0.05, 0.1) is 0 Å². The van der Waals surface area contributed by atoms with Gasteiger partial charge in [-0.3, -0.25) is 0 Å². The van der Waals surface area contributed by atoms with E-state index in [1.165, 1.54) is 0 Å². The number of anilines is 1. The minimum Gasteiger partial charge on any atom is -0.339 e. The number of aromatic nitrogens is 2. The van der Waals surface area contributed by atoms with Crippen molar-refractivity contribution in [2.45, 2.75) is 19.9 Å². The van der Waals surface area contributed by atoms with E-state index in [-0.39, 0.29) is 6.04 Å². The molecular formula is C13H18N4O. The first kappa shape index (κ1) is 12.6. The maximum Gasteiger partial charge on any atom is 0.266 e. The molecule has 0 saturated carbocycles. The van der Waals surface area contributed by atoms with E-state index < -0.39 is 0 Å². The van der Waals surface area contributed by atoms with Crippen molar-refractivity contribution in [3.05, 3.63) is 41.8 Å². The van der Waals surface area contributed by atoms with Gasteiger partial charge in [0.2, 0.25) is 5.89 Å². The van der Waals surface area contributed by atoms with Crippen molar-refractivity contribution < 1.29 is 4.52 Å². The summed E-state index contributed by atoms with van der Waals surface area (Å²) < 4.78 is 5.24. The Balaban J connectivity index is 2.20. The van der Waals surface area contributed by atoms with Crippen LogP contribution in [0.3, 0.4) is 0 Å². The van der Waals surface area contributed by atoms with Crippen LogP contribution in [0.2, 0.25) is 0 Å². The molecule has 0 spiro atoms. The SMILES string of the molecule is CCN(CC)c1noc([C@H](N)c2ccccc2)n1. The number of rotatable bonds is 5. The molecule has 0 radical (unpaired) electrons. The van der Waals surface area contributed by atoms with Crippen LogP contribution in [-0.2, 0) is 0 Å². The summed E-state index contributed by atoms with van der Waals surface area (Å²) in [5.41, 5.74) is 7.06. The number of nitrogens with two attached hydrogens (primary N) is 1. The van der Waals surface area contributed by atoms with Gasteiger partial charge in [0, 0.05) is 13.1 Å². The van der Waals surface area contributed by atoms with Crippen molar-refractivity contribution in [3.63, 3.8) is 0 Å². The van der Waals surface area contributed by atoms with Crippen molar-refractivity contribution in [3.8, 4) is 0 Å². The van der Waals surface area contributed by atoms with Crippen molar-refractivity contribution in [2.75, 3.05) is 18.0 Å². The van der Waals surface area contributed by atoms with Crippen LogP contribution in [0.1, 0.15) is 31.3 Å². The second-order valence-electron chi connectivity index (χ2n) is 3.99. The first-order chi connectivity index (χ1) is 8.76. The highest BCUT2D eigenvalue weighted by Crippen LogP contribution is 2.19. The summed E-state index contributed by atoms with van der Waals surface area (Å²) in [6, 6.07) is 9.36. The number of hydrogen-bond donors (Lipinski definition) is 1. The molecule has 0 bridgehead atoms. The van der Waals surface area contributed by atoms with Crippen molar-refractivity contribution in [1.82, 2.24) is 10.1 Å². The molecule has 1 aromatic carbocycles. The van der Waals surface area contributed by atoms with Gasteiger partial charge in [-0.1, -0.05) is 30.3 Å². The smallest absolute Gasteiger partial charge is 0.266 e. The van der Waals surface area contributed by atoms with Crippen LogP contribution in [0.15, 0.2) is 34.9 Å². The highest BCUT2D eigenvalue weighted by atomic mass is 16.5. The zero-order valence-electron chi connectivity index (χ0n) is 10.7. The Labute approximate surface area is 107 Å². The molecule has 0 aliphatic rings. The molecule has 18 heavy (non-hydrogen) atoms. The first-order valence-corrected chi connectivity index (χ1v) is 6.15. The Morgan fingerprint density at radius 3 is 2.50 bits per heavy atom. The summed E-state index contributed by atoms with van der Waals surface area (Å²) in [7, 11) is 0. The Bertz CT molecular complexity index is 479. The van der Waals surface area contributed by atoms with E-state index >= 15 is 0 Å². The largest absolute Gasteiger partial charge is 0.339 e. The second-order valence-corrected chi connectivity index (χ2v) is 3.99. The third-order valence-corrected chi connectivity index (χ3v) is 2.90. The van der Waals surface area contributed by atoms with Crippen molar-refractivity contribution >= 4 is 5.95 Å². The van der Waals surface area contributed by atoms with E-state index in [2.05, 4.69) is 24.0 Å². The van der Waals surface area contributed by atoms with Gasteiger partial charge in [0.1, 0.15) is 6.04 Å². The minimum atomic E-state index is -0.372. The number of benzene rings is 1. The molecule has 1 aromatic heterocycles. The van der Waals surface area contributed by atoms with Crippen LogP contribution in [0.5, 0.6) is 0 Å². The molecule has 2 aromatic rings. The van der Waals surface area contributed by atoms with Gasteiger partial charge in [-0.15, -0.1) is 0 Å². The van der Waals surface area contributed by atoms with Gasteiger partial charge in [0.15, 0.2) is 0 Å². The van der Waals surface area contributed by atoms with Crippen LogP contribution in [0.25, 0.3) is 0 Å². The van der Waals surface area contributed by atoms with Crippen molar-refractivity contribution in [1.29, 1.82) is 0 Å². The molecule has 96 valence electrons. The zero-order valence-corrected chi connectivity index (χ0v) is 10.7. The molecule has 0 unspecified atom stereocenters. The van der Waals surface area contributed by atoms with E-state index in [4.69, 9.17) is 10.3 Å². The van der Waals surface area contributed by atoms with Gasteiger partial charge in [-0.2, -0.15) is 4.98 Å². The third-order valence-electron chi connectivity index (χ3n) is 2.90. The van der Waals surface area contributed by atoms with Crippen LogP contribution < -0.4 is 10.6 Å². The maximum atomic E-state index is 6.10. The Morgan fingerprint density at radius 1 is 1.22 bits per heavy atom. The van der Waals surface area contributed by atoms with Crippen LogP contribution >= 0.6 is 0 Å². The molecule has 0 saturated heterocycles. The predicted octanol–water partition coefficient (Wildman–Crippen LogP) is 1.96. The predicted molar refractivity (Wildman–Crippen MR) is 70.3 cm³/mol. The lowest BCUT2D eigenvalue weighted by Gasteiger charge is -2.14. The molecule has 5 nitrogen and oxygen atoms in total. The fourth-order valence-corrected chi connectivity index (χ4v) is 1.79. The quantitative estimate of drug-likeness (QED) is 0.873. The third kappa shape index (κ3) is 2.51. The first-order valence-electron chi connectivity index (χ1n) is 6.15. The summed E-state index contributed by atoms with van der Waals surface area (Å²) in [6.45, 7) is 5.79. The minimum absolute atomic E-state index is 0.372. The summed E-state index contributed by atoms with van der Waals surface area (Å²) >= 11 is 0. The lowest BCUT2D eigenvalue weighted by atomic mass is 10.1. The van der Waals surface area contributed by atoms with Crippen LogP contribution in [-0.4, -0.2) is 23.2 Å². The fraction of sp³-hybridized carbons (Fsp3) is 0.385. The zero-order chi connectivity index (χ0) is 13.0. The molecule has 0 fully saturated rings. The van der Waals surface area contributed by atoms with Gasteiger partial charge in [0.25, 0.3) is 5.95 Å². The van der Waals surface area contributed by atoms with E-state index in [1.807, 2.05) is 35.2 Å². The molecule has 1 atom stereocenters. The topological polar surface area (TPSA) is 68.2 Å². The van der Waals surface area contributed by atoms with Gasteiger partial charge >= 0.3 is 0 Å². The maximum absolute atomic E-state index is 6.10. The monoisotopic (exact) mass is 246 g/mol. The summed E-state index contributed by atoms with van der Waals surface area (Å²) in [4.78, 5) is 6.37. The lowest BCUT2D eigenvalue weighted by Crippen LogP contribution is -2.23. The average molecular weight is 246 g/mol.